The molecule has 0 aliphatic heterocycles. The van der Waals surface area contributed by atoms with Gasteiger partial charge in [0.1, 0.15) is 0 Å². The van der Waals surface area contributed by atoms with Gasteiger partial charge in [0, 0.05) is 6.54 Å². The minimum absolute atomic E-state index is 0.0362. The molecule has 2 aliphatic rings. The number of aliphatic carboxylic acids is 1. The number of hydrogen-bond acceptors (Lipinski definition) is 2. The molecule has 4 heteroatoms. The van der Waals surface area contributed by atoms with Crippen molar-refractivity contribution < 1.29 is 14.7 Å². The maximum absolute atomic E-state index is 12.2. The number of carbonyl (C=O) groups excluding carboxylic acids is 1. The van der Waals surface area contributed by atoms with Crippen molar-refractivity contribution in [1.82, 2.24) is 5.32 Å². The third-order valence-electron chi connectivity index (χ3n) is 5.32. The van der Waals surface area contributed by atoms with Crippen LogP contribution in [0, 0.1) is 23.7 Å². The first-order valence-corrected chi connectivity index (χ1v) is 8.58. The summed E-state index contributed by atoms with van der Waals surface area (Å²) in [6.45, 7) is 3.02. The van der Waals surface area contributed by atoms with Crippen LogP contribution in [0.1, 0.15) is 64.7 Å². The number of carbonyl (C=O) groups is 2. The molecule has 2 rings (SSSR count). The average Bonchev–Trinajstić information content (AvgIpc) is 2.47. The number of carboxylic acid groups (broad SMARTS) is 1. The highest BCUT2D eigenvalue weighted by Crippen LogP contribution is 2.31. The van der Waals surface area contributed by atoms with E-state index in [9.17, 15) is 14.7 Å². The van der Waals surface area contributed by atoms with E-state index < -0.39 is 11.9 Å². The summed E-state index contributed by atoms with van der Waals surface area (Å²) in [4.78, 5) is 23.5. The lowest BCUT2D eigenvalue weighted by molar-refractivity contribution is -0.148. The van der Waals surface area contributed by atoms with Crippen LogP contribution in [0.15, 0.2) is 0 Å². The fraction of sp³-hybridized carbons (Fsp3) is 0.882. The molecule has 4 nitrogen and oxygen atoms in total. The highest BCUT2D eigenvalue weighted by molar-refractivity contribution is 5.84. The lowest BCUT2D eigenvalue weighted by atomic mass is 9.78. The van der Waals surface area contributed by atoms with Gasteiger partial charge in [0.15, 0.2) is 0 Å². The van der Waals surface area contributed by atoms with Gasteiger partial charge in [-0.15, -0.1) is 0 Å². The molecular formula is C17H29NO3. The molecule has 2 fully saturated rings. The van der Waals surface area contributed by atoms with E-state index in [1.807, 2.05) is 0 Å². The first-order valence-electron chi connectivity index (χ1n) is 8.58. The monoisotopic (exact) mass is 295 g/mol. The van der Waals surface area contributed by atoms with E-state index in [0.717, 1.165) is 37.5 Å². The normalized spacial score (nSPS) is 33.4. The van der Waals surface area contributed by atoms with Gasteiger partial charge in [0.25, 0.3) is 0 Å². The van der Waals surface area contributed by atoms with Gasteiger partial charge in [0.05, 0.1) is 11.8 Å². The van der Waals surface area contributed by atoms with Crippen LogP contribution >= 0.6 is 0 Å². The second kappa shape index (κ2) is 7.81. The van der Waals surface area contributed by atoms with E-state index in [0.29, 0.717) is 13.0 Å². The summed E-state index contributed by atoms with van der Waals surface area (Å²) in [6.07, 6.45) is 9.52. The summed E-state index contributed by atoms with van der Waals surface area (Å²) in [6, 6.07) is 0. The van der Waals surface area contributed by atoms with Crippen LogP contribution < -0.4 is 5.32 Å². The van der Waals surface area contributed by atoms with Gasteiger partial charge < -0.3 is 10.4 Å². The zero-order valence-corrected chi connectivity index (χ0v) is 13.1. The molecule has 120 valence electrons. The Labute approximate surface area is 127 Å². The van der Waals surface area contributed by atoms with Crippen molar-refractivity contribution in [2.75, 3.05) is 6.54 Å². The largest absolute Gasteiger partial charge is 0.481 e. The van der Waals surface area contributed by atoms with Gasteiger partial charge in [-0.1, -0.05) is 39.0 Å². The zero-order chi connectivity index (χ0) is 15.2. The summed E-state index contributed by atoms with van der Waals surface area (Å²) >= 11 is 0. The topological polar surface area (TPSA) is 66.4 Å². The predicted molar refractivity (Wildman–Crippen MR) is 81.8 cm³/mol. The number of carboxylic acids is 1. The third kappa shape index (κ3) is 4.72. The Kier molecular flexibility index (Phi) is 6.07. The highest BCUT2D eigenvalue weighted by atomic mass is 16.4. The molecule has 0 heterocycles. The molecule has 2 saturated carbocycles. The van der Waals surface area contributed by atoms with Crippen molar-refractivity contribution in [3.8, 4) is 0 Å². The maximum atomic E-state index is 12.2. The molecule has 0 saturated heterocycles. The molecule has 0 aromatic rings. The van der Waals surface area contributed by atoms with E-state index in [1.54, 1.807) is 0 Å². The first kappa shape index (κ1) is 16.3. The summed E-state index contributed by atoms with van der Waals surface area (Å²) in [5.74, 6) is -0.0956. The molecule has 2 N–H and O–H groups in total. The van der Waals surface area contributed by atoms with Crippen molar-refractivity contribution in [1.29, 1.82) is 0 Å². The van der Waals surface area contributed by atoms with Gasteiger partial charge in [0.2, 0.25) is 5.91 Å². The third-order valence-corrected chi connectivity index (χ3v) is 5.32. The van der Waals surface area contributed by atoms with Crippen LogP contribution in [-0.2, 0) is 9.59 Å². The van der Waals surface area contributed by atoms with Gasteiger partial charge in [-0.3, -0.25) is 9.59 Å². The molecule has 0 aromatic carbocycles. The van der Waals surface area contributed by atoms with Crippen LogP contribution in [-0.4, -0.2) is 23.5 Å². The van der Waals surface area contributed by atoms with Crippen LogP contribution in [0.5, 0.6) is 0 Å². The zero-order valence-electron chi connectivity index (χ0n) is 13.1. The van der Waals surface area contributed by atoms with E-state index in [2.05, 4.69) is 12.2 Å². The Balaban J connectivity index is 1.74. The Hall–Kier alpha value is -1.06. The quantitative estimate of drug-likeness (QED) is 0.818. The number of hydrogen-bond donors (Lipinski definition) is 2. The molecule has 0 aromatic heterocycles. The van der Waals surface area contributed by atoms with Gasteiger partial charge in [-0.25, -0.2) is 0 Å². The Morgan fingerprint density at radius 1 is 1.05 bits per heavy atom. The summed E-state index contributed by atoms with van der Waals surface area (Å²) in [5.41, 5.74) is 0. The van der Waals surface area contributed by atoms with Crippen LogP contribution in [0.3, 0.4) is 0 Å². The van der Waals surface area contributed by atoms with Crippen molar-refractivity contribution in [3.05, 3.63) is 0 Å². The first-order chi connectivity index (χ1) is 10.1. The minimum atomic E-state index is -0.809. The number of nitrogens with one attached hydrogen (secondary N) is 1. The predicted octanol–water partition coefficient (Wildman–Crippen LogP) is 3.21. The smallest absolute Gasteiger partial charge is 0.307 e. The molecule has 0 spiro atoms. The van der Waals surface area contributed by atoms with E-state index in [1.165, 1.54) is 25.7 Å². The molecule has 21 heavy (non-hydrogen) atoms. The summed E-state index contributed by atoms with van der Waals surface area (Å²) in [7, 11) is 0. The minimum Gasteiger partial charge on any atom is -0.481 e. The number of amides is 1. The maximum Gasteiger partial charge on any atom is 0.307 e. The summed E-state index contributed by atoms with van der Waals surface area (Å²) < 4.78 is 0. The molecule has 4 atom stereocenters. The van der Waals surface area contributed by atoms with Gasteiger partial charge >= 0.3 is 5.97 Å². The molecule has 0 radical (unpaired) electrons. The standard InChI is InChI=1S/C17H29NO3/c1-12-5-4-6-13(11-12)9-10-18-16(19)14-7-2-3-8-15(14)17(20)21/h12-15H,2-11H2,1H3,(H,18,19)(H,20,21). The highest BCUT2D eigenvalue weighted by Gasteiger charge is 2.35. The van der Waals surface area contributed by atoms with Crippen molar-refractivity contribution in [2.24, 2.45) is 23.7 Å². The lowest BCUT2D eigenvalue weighted by Gasteiger charge is -2.29. The van der Waals surface area contributed by atoms with Gasteiger partial charge in [-0.05, 0) is 37.5 Å². The second-order valence-electron chi connectivity index (χ2n) is 7.05. The fourth-order valence-corrected chi connectivity index (χ4v) is 4.09. The van der Waals surface area contributed by atoms with Crippen molar-refractivity contribution in [3.63, 3.8) is 0 Å². The van der Waals surface area contributed by atoms with Crippen LogP contribution in [0.25, 0.3) is 0 Å². The van der Waals surface area contributed by atoms with Crippen LogP contribution in [0.4, 0.5) is 0 Å². The van der Waals surface area contributed by atoms with Crippen molar-refractivity contribution in [2.45, 2.75) is 64.7 Å². The van der Waals surface area contributed by atoms with E-state index in [-0.39, 0.29) is 11.8 Å². The average molecular weight is 295 g/mol. The summed E-state index contributed by atoms with van der Waals surface area (Å²) in [5, 5.41) is 12.2. The van der Waals surface area contributed by atoms with E-state index >= 15 is 0 Å². The van der Waals surface area contributed by atoms with E-state index in [4.69, 9.17) is 0 Å². The molecule has 2 aliphatic carbocycles. The lowest BCUT2D eigenvalue weighted by Crippen LogP contribution is -2.40. The van der Waals surface area contributed by atoms with Crippen molar-refractivity contribution >= 4 is 11.9 Å². The Morgan fingerprint density at radius 3 is 2.43 bits per heavy atom. The molecular weight excluding hydrogens is 266 g/mol. The SMILES string of the molecule is CC1CCCC(CCNC(=O)C2CCCCC2C(=O)O)C1. The Bertz CT molecular complexity index is 369. The van der Waals surface area contributed by atoms with Crippen LogP contribution in [0.2, 0.25) is 0 Å². The second-order valence-corrected chi connectivity index (χ2v) is 7.05. The number of rotatable bonds is 5. The molecule has 1 amide bonds. The Morgan fingerprint density at radius 2 is 1.76 bits per heavy atom. The van der Waals surface area contributed by atoms with Gasteiger partial charge in [-0.2, -0.15) is 0 Å². The molecule has 0 bridgehead atoms. The fourth-order valence-electron chi connectivity index (χ4n) is 4.09. The molecule has 4 unspecified atom stereocenters.